The molecule has 0 aliphatic rings. The Hall–Kier alpha value is -1.51. The number of hydrogen-bond acceptors (Lipinski definition) is 3. The Bertz CT molecular complexity index is 384. The van der Waals surface area contributed by atoms with Crippen LogP contribution in [0, 0.1) is 6.92 Å². The fraction of sp³-hybridized carbons (Fsp3) is 0.125. The Morgan fingerprint density at radius 2 is 2.00 bits per heavy atom. The Balaban J connectivity index is 3.73. The highest BCUT2D eigenvalue weighted by Gasteiger charge is 2.01. The minimum Gasteiger partial charge on any atom is -0.507 e. The van der Waals surface area contributed by atoms with Crippen LogP contribution in [0.5, 0.6) is 5.75 Å². The van der Waals surface area contributed by atoms with Gasteiger partial charge in [0.2, 0.25) is 0 Å². The van der Waals surface area contributed by atoms with Crippen molar-refractivity contribution in [3.05, 3.63) is 16.1 Å². The van der Waals surface area contributed by atoms with Gasteiger partial charge in [-0.15, -0.1) is 0 Å². The second-order valence-corrected chi connectivity index (χ2v) is 2.40. The minimum atomic E-state index is 0.0856. The van der Waals surface area contributed by atoms with Crippen molar-refractivity contribution in [2.75, 3.05) is 5.73 Å². The van der Waals surface area contributed by atoms with Crippen LogP contribution in [0.15, 0.2) is 0 Å². The molecule has 1 heterocycles. The molecule has 0 atom stereocenters. The van der Waals surface area contributed by atoms with E-state index in [-0.39, 0.29) is 11.6 Å². The van der Waals surface area contributed by atoms with Crippen molar-refractivity contribution < 1.29 is 5.11 Å². The van der Waals surface area contributed by atoms with E-state index in [4.69, 9.17) is 5.73 Å². The Morgan fingerprint density at radius 3 is 2.55 bits per heavy atom. The van der Waals surface area contributed by atoms with E-state index in [0.29, 0.717) is 16.1 Å². The van der Waals surface area contributed by atoms with Gasteiger partial charge in [0.25, 0.3) is 0 Å². The Morgan fingerprint density at radius 1 is 1.45 bits per heavy atom. The molecule has 0 saturated carbocycles. The van der Waals surface area contributed by atoms with E-state index in [9.17, 15) is 5.11 Å². The first-order chi connectivity index (χ1) is 5.04. The van der Waals surface area contributed by atoms with Gasteiger partial charge < -0.3 is 10.8 Å². The van der Waals surface area contributed by atoms with Gasteiger partial charge in [0.1, 0.15) is 11.6 Å². The molecule has 3 N–H and O–H groups in total. The highest BCUT2D eigenvalue weighted by atomic mass is 16.3. The first kappa shape index (κ1) is 7.60. The monoisotopic (exact) mass is 150 g/mol. The summed E-state index contributed by atoms with van der Waals surface area (Å²) in [7, 11) is 0. The summed E-state index contributed by atoms with van der Waals surface area (Å²) in [6.45, 7) is 8.88. The van der Waals surface area contributed by atoms with Crippen molar-refractivity contribution in [3.63, 3.8) is 0 Å². The highest BCUT2D eigenvalue weighted by molar-refractivity contribution is 5.45. The van der Waals surface area contributed by atoms with E-state index < -0.39 is 0 Å². The third-order valence-electron chi connectivity index (χ3n) is 1.64. The molecular weight excluding hydrogens is 140 g/mol. The van der Waals surface area contributed by atoms with Crippen molar-refractivity contribution in [2.45, 2.75) is 6.92 Å². The van der Waals surface area contributed by atoms with Crippen molar-refractivity contribution in [2.24, 2.45) is 0 Å². The van der Waals surface area contributed by atoms with Gasteiger partial charge in [-0.25, -0.2) is 4.98 Å². The topological polar surface area (TPSA) is 59.1 Å². The average molecular weight is 150 g/mol. The molecule has 0 amide bonds. The lowest BCUT2D eigenvalue weighted by atomic mass is 10.2. The molecule has 0 bridgehead atoms. The fourth-order valence-electron chi connectivity index (χ4n) is 0.781. The molecule has 3 heteroatoms. The molecule has 58 valence electrons. The standard InChI is InChI=1S/C8H10N2O/c1-4-6(3)10-8(9)5(2)7(4)11/h11H,2-3H2,1H3,(H2,9,10). The normalized spacial score (nSPS) is 9.91. The van der Waals surface area contributed by atoms with Crippen molar-refractivity contribution in [1.82, 2.24) is 4.98 Å². The molecule has 1 aromatic rings. The van der Waals surface area contributed by atoms with E-state index in [1.807, 2.05) is 0 Å². The van der Waals surface area contributed by atoms with Crippen molar-refractivity contribution >= 4 is 19.0 Å². The van der Waals surface area contributed by atoms with Crippen molar-refractivity contribution in [1.29, 1.82) is 0 Å². The first-order valence-electron chi connectivity index (χ1n) is 3.17. The number of nitrogen functional groups attached to an aromatic ring is 1. The van der Waals surface area contributed by atoms with Gasteiger partial charge in [-0.05, 0) is 6.92 Å². The maximum Gasteiger partial charge on any atom is 0.134 e. The molecule has 11 heavy (non-hydrogen) atoms. The van der Waals surface area contributed by atoms with Crippen LogP contribution in [0.2, 0.25) is 0 Å². The predicted molar refractivity (Wildman–Crippen MR) is 45.3 cm³/mol. The second-order valence-electron chi connectivity index (χ2n) is 2.40. The van der Waals surface area contributed by atoms with Crippen LogP contribution >= 0.6 is 0 Å². The lowest BCUT2D eigenvalue weighted by Gasteiger charge is -2.00. The zero-order valence-corrected chi connectivity index (χ0v) is 6.39. The summed E-state index contributed by atoms with van der Waals surface area (Å²) >= 11 is 0. The van der Waals surface area contributed by atoms with Gasteiger partial charge in [-0.3, -0.25) is 0 Å². The van der Waals surface area contributed by atoms with Crippen LogP contribution in [0.1, 0.15) is 5.56 Å². The number of nitrogens with zero attached hydrogens (tertiary/aromatic N) is 1. The number of aromatic nitrogens is 1. The van der Waals surface area contributed by atoms with Crippen LogP contribution < -0.4 is 16.3 Å². The van der Waals surface area contributed by atoms with Crippen LogP contribution in [0.4, 0.5) is 5.82 Å². The molecule has 0 fully saturated rings. The van der Waals surface area contributed by atoms with Gasteiger partial charge in [0, 0.05) is 5.56 Å². The zero-order chi connectivity index (χ0) is 8.59. The van der Waals surface area contributed by atoms with Crippen LogP contribution in [-0.2, 0) is 0 Å². The lowest BCUT2D eigenvalue weighted by Crippen LogP contribution is -2.20. The largest absolute Gasteiger partial charge is 0.507 e. The first-order valence-corrected chi connectivity index (χ1v) is 3.17. The predicted octanol–water partition coefficient (Wildman–Crippen LogP) is -0.502. The molecule has 0 radical (unpaired) electrons. The minimum absolute atomic E-state index is 0.0856. The highest BCUT2D eigenvalue weighted by Crippen LogP contribution is 2.03. The van der Waals surface area contributed by atoms with Gasteiger partial charge >= 0.3 is 0 Å². The Labute approximate surface area is 64.5 Å². The maximum absolute atomic E-state index is 9.35. The molecule has 0 spiro atoms. The molecule has 1 rings (SSSR count). The molecule has 0 aliphatic carbocycles. The van der Waals surface area contributed by atoms with E-state index in [0.717, 1.165) is 0 Å². The molecule has 0 aliphatic heterocycles. The molecular formula is C8H10N2O. The quantitative estimate of drug-likeness (QED) is 0.524. The van der Waals surface area contributed by atoms with Gasteiger partial charge in [0.05, 0.1) is 10.6 Å². The van der Waals surface area contributed by atoms with E-state index in [1.54, 1.807) is 6.92 Å². The second kappa shape index (κ2) is 2.27. The summed E-state index contributed by atoms with van der Waals surface area (Å²) in [5, 5.41) is 10.2. The van der Waals surface area contributed by atoms with Gasteiger partial charge in [-0.2, -0.15) is 0 Å². The number of anilines is 1. The molecule has 0 aromatic carbocycles. The van der Waals surface area contributed by atoms with E-state index >= 15 is 0 Å². The van der Waals surface area contributed by atoms with Gasteiger partial charge in [-0.1, -0.05) is 13.2 Å². The summed E-state index contributed by atoms with van der Waals surface area (Å²) in [6.07, 6.45) is 0. The SMILES string of the molecule is C=c1nc(N)c(=C)c(O)c1C. The number of aromatic hydroxyl groups is 1. The number of rotatable bonds is 0. The summed E-state index contributed by atoms with van der Waals surface area (Å²) < 4.78 is 0. The number of nitrogens with two attached hydrogens (primary N) is 1. The summed E-state index contributed by atoms with van der Waals surface area (Å²) in [4.78, 5) is 3.88. The fourth-order valence-corrected chi connectivity index (χ4v) is 0.781. The smallest absolute Gasteiger partial charge is 0.134 e. The molecule has 0 saturated heterocycles. The number of hydrogen-bond donors (Lipinski definition) is 2. The molecule has 3 nitrogen and oxygen atoms in total. The van der Waals surface area contributed by atoms with Crippen LogP contribution in [0.3, 0.4) is 0 Å². The molecule has 0 unspecified atom stereocenters. The summed E-state index contributed by atoms with van der Waals surface area (Å²) in [6, 6.07) is 0. The van der Waals surface area contributed by atoms with Crippen LogP contribution in [0.25, 0.3) is 13.2 Å². The van der Waals surface area contributed by atoms with Gasteiger partial charge in [0.15, 0.2) is 0 Å². The average Bonchev–Trinajstić information content (AvgIpc) is 1.97. The number of pyridine rings is 1. The molecule has 1 aromatic heterocycles. The third-order valence-corrected chi connectivity index (χ3v) is 1.64. The lowest BCUT2D eigenvalue weighted by molar-refractivity contribution is 0.465. The zero-order valence-electron chi connectivity index (χ0n) is 6.39. The van der Waals surface area contributed by atoms with Crippen molar-refractivity contribution in [3.8, 4) is 5.75 Å². The third kappa shape index (κ3) is 1.05. The summed E-state index contributed by atoms with van der Waals surface area (Å²) in [5.41, 5.74) is 6.05. The Kier molecular flexibility index (Phi) is 1.57. The van der Waals surface area contributed by atoms with E-state index in [2.05, 4.69) is 18.1 Å². The summed E-state index contributed by atoms with van der Waals surface area (Å²) in [5.74, 6) is 0.320. The van der Waals surface area contributed by atoms with Crippen LogP contribution in [-0.4, -0.2) is 10.1 Å². The maximum atomic E-state index is 9.35. The van der Waals surface area contributed by atoms with E-state index in [1.165, 1.54) is 0 Å².